The molecule has 10 nitrogen and oxygen atoms in total. The van der Waals surface area contributed by atoms with E-state index in [2.05, 4.69) is 79.8 Å². The summed E-state index contributed by atoms with van der Waals surface area (Å²) in [5.41, 5.74) is 6.23. The van der Waals surface area contributed by atoms with Gasteiger partial charge < -0.3 is 19.4 Å². The van der Waals surface area contributed by atoms with Crippen LogP contribution in [0.15, 0.2) is 95.8 Å². The summed E-state index contributed by atoms with van der Waals surface area (Å²) in [7, 11) is 1.42. The summed E-state index contributed by atoms with van der Waals surface area (Å²) in [6, 6.07) is 26.8. The lowest BCUT2D eigenvalue weighted by Crippen LogP contribution is -2.47. The number of para-hydroxylation sites is 1. The Morgan fingerprint density at radius 2 is 1.75 bits per heavy atom. The van der Waals surface area contributed by atoms with Crippen molar-refractivity contribution in [1.82, 2.24) is 30.4 Å². The van der Waals surface area contributed by atoms with Crippen molar-refractivity contribution >= 4 is 17.5 Å². The number of benzene rings is 3. The molecule has 0 saturated heterocycles. The number of hydrogen-bond donors (Lipinski definition) is 1. The molecule has 3 aromatic carbocycles. The zero-order valence-corrected chi connectivity index (χ0v) is 22.4. The van der Waals surface area contributed by atoms with E-state index in [0.29, 0.717) is 19.0 Å². The van der Waals surface area contributed by atoms with E-state index in [0.717, 1.165) is 45.9 Å². The maximum Gasteiger partial charge on any atom is 0.325 e. The summed E-state index contributed by atoms with van der Waals surface area (Å²) in [6.45, 7) is 3.51. The highest BCUT2D eigenvalue weighted by Crippen LogP contribution is 2.34. The molecule has 1 unspecified atom stereocenters. The molecule has 0 amide bonds. The molecule has 0 aliphatic carbocycles. The van der Waals surface area contributed by atoms with E-state index in [-0.39, 0.29) is 18.7 Å². The predicted molar refractivity (Wildman–Crippen MR) is 153 cm³/mol. The first kappa shape index (κ1) is 25.3. The number of fused-ring (bicyclic) bond motifs is 1. The number of H-pyrrole nitrogens is 1. The second-order valence-electron chi connectivity index (χ2n) is 9.69. The Balaban J connectivity index is 1.29. The number of anilines is 1. The van der Waals surface area contributed by atoms with E-state index in [1.165, 1.54) is 7.11 Å². The van der Waals surface area contributed by atoms with Crippen molar-refractivity contribution in [3.05, 3.63) is 96.3 Å². The highest BCUT2D eigenvalue weighted by molar-refractivity contribution is 6.11. The molecule has 10 heteroatoms. The lowest BCUT2D eigenvalue weighted by molar-refractivity contribution is -0.141. The van der Waals surface area contributed by atoms with Crippen LogP contribution < -0.4 is 4.90 Å². The maximum atomic E-state index is 12.2. The van der Waals surface area contributed by atoms with E-state index < -0.39 is 0 Å². The fourth-order valence-electron chi connectivity index (χ4n) is 5.20. The number of esters is 1. The number of nitrogens with one attached hydrogen (secondary N) is 1. The summed E-state index contributed by atoms with van der Waals surface area (Å²) in [6.07, 6.45) is 2.89. The van der Waals surface area contributed by atoms with E-state index in [4.69, 9.17) is 9.73 Å². The number of carbonyl (C=O) groups is 1. The molecular weight excluding hydrogens is 504 g/mol. The van der Waals surface area contributed by atoms with Gasteiger partial charge in [-0.25, -0.2) is 4.99 Å². The van der Waals surface area contributed by atoms with Crippen LogP contribution in [0.1, 0.15) is 18.9 Å². The average Bonchev–Trinajstić information content (AvgIpc) is 3.66. The number of tetrazole rings is 1. The minimum atomic E-state index is -0.279. The molecule has 2 aliphatic heterocycles. The van der Waals surface area contributed by atoms with Crippen LogP contribution in [0.3, 0.4) is 0 Å². The Kier molecular flexibility index (Phi) is 6.96. The topological polar surface area (TPSA) is 103 Å². The van der Waals surface area contributed by atoms with Crippen LogP contribution in [-0.4, -0.2) is 68.7 Å². The van der Waals surface area contributed by atoms with E-state index >= 15 is 0 Å². The Morgan fingerprint density at radius 3 is 2.45 bits per heavy atom. The van der Waals surface area contributed by atoms with Gasteiger partial charge in [0.25, 0.3) is 0 Å². The number of methoxy groups -OCH3 is 1. The number of amidine groups is 1. The molecule has 3 heterocycles. The van der Waals surface area contributed by atoms with Gasteiger partial charge in [0.15, 0.2) is 5.84 Å². The van der Waals surface area contributed by atoms with Crippen LogP contribution in [0.2, 0.25) is 0 Å². The number of carbonyl (C=O) groups excluding carboxylic acids is 1. The molecule has 0 bridgehead atoms. The number of aromatic amines is 1. The smallest absolute Gasteiger partial charge is 0.325 e. The Labute approximate surface area is 232 Å². The van der Waals surface area contributed by atoms with Crippen molar-refractivity contribution in [1.29, 1.82) is 0 Å². The fraction of sp³-hybridized carbons (Fsp3) is 0.233. The van der Waals surface area contributed by atoms with Gasteiger partial charge in [-0.1, -0.05) is 73.7 Å². The van der Waals surface area contributed by atoms with E-state index in [1.54, 1.807) is 0 Å². The predicted octanol–water partition coefficient (Wildman–Crippen LogP) is 4.28. The van der Waals surface area contributed by atoms with Gasteiger partial charge in [-0.2, -0.15) is 5.21 Å². The molecule has 0 radical (unpaired) electrons. The van der Waals surface area contributed by atoms with Crippen LogP contribution in [0.5, 0.6) is 0 Å². The molecule has 0 saturated carbocycles. The van der Waals surface area contributed by atoms with Gasteiger partial charge in [0.1, 0.15) is 12.7 Å². The lowest BCUT2D eigenvalue weighted by Gasteiger charge is -2.37. The van der Waals surface area contributed by atoms with Gasteiger partial charge in [0.2, 0.25) is 5.82 Å². The van der Waals surface area contributed by atoms with Crippen LogP contribution in [-0.2, 0) is 16.1 Å². The molecule has 40 heavy (non-hydrogen) atoms. The zero-order chi connectivity index (χ0) is 27.5. The Hall–Kier alpha value is -4.99. The van der Waals surface area contributed by atoms with Gasteiger partial charge in [-0.05, 0) is 40.5 Å². The van der Waals surface area contributed by atoms with Crippen LogP contribution in [0.25, 0.3) is 22.5 Å². The fourth-order valence-corrected chi connectivity index (χ4v) is 5.20. The summed E-state index contributed by atoms with van der Waals surface area (Å²) in [4.78, 5) is 23.8. The number of nitrogens with zero attached hydrogens (tertiary/aromatic N) is 7. The third-order valence-corrected chi connectivity index (χ3v) is 7.18. The molecule has 0 fully saturated rings. The number of rotatable bonds is 8. The highest BCUT2D eigenvalue weighted by Gasteiger charge is 2.37. The average molecular weight is 535 g/mol. The van der Waals surface area contributed by atoms with E-state index in [1.807, 2.05) is 47.5 Å². The quantitative estimate of drug-likeness (QED) is 0.334. The van der Waals surface area contributed by atoms with Crippen LogP contribution >= 0.6 is 0 Å². The van der Waals surface area contributed by atoms with Crippen molar-refractivity contribution in [2.75, 3.05) is 25.2 Å². The Bertz CT molecular complexity index is 1530. The van der Waals surface area contributed by atoms with Crippen LogP contribution in [0.4, 0.5) is 5.69 Å². The summed E-state index contributed by atoms with van der Waals surface area (Å²) >= 11 is 0. The van der Waals surface area contributed by atoms with Crippen LogP contribution in [0, 0.1) is 0 Å². The molecular formula is C30H30N8O2. The summed E-state index contributed by atoms with van der Waals surface area (Å²) in [5.74, 6) is 1.21. The van der Waals surface area contributed by atoms with Gasteiger partial charge in [-0.3, -0.25) is 4.79 Å². The molecule has 1 atom stereocenters. The number of aromatic nitrogens is 4. The SMILES string of the molecule is CCC1N=C2C(=CN(CC(=O)OC)CN2c2ccccc2)N1Cc1ccc(-c2ccccc2-c2nn[nH]n2)cc1. The number of ether oxygens (including phenoxy) is 1. The van der Waals surface area contributed by atoms with Crippen molar-refractivity contribution in [2.24, 2.45) is 4.99 Å². The van der Waals surface area contributed by atoms with Gasteiger partial charge in [0, 0.05) is 24.0 Å². The number of hydrogen-bond acceptors (Lipinski definition) is 9. The standard InChI is InChI=1S/C30H30N8O2/c1-3-27-31-30-26(18-36(19-28(39)40-2)20-38(30)23-9-5-4-6-10-23)37(27)17-21-13-15-22(16-14-21)24-11-7-8-12-25(24)29-32-34-35-33-29/h4-16,18,27H,3,17,19-20H2,1-2H3,(H,32,33,34,35). The Morgan fingerprint density at radius 1 is 1.00 bits per heavy atom. The minimum absolute atomic E-state index is 0.0100. The summed E-state index contributed by atoms with van der Waals surface area (Å²) in [5, 5.41) is 14.6. The third kappa shape index (κ3) is 4.91. The minimum Gasteiger partial charge on any atom is -0.468 e. The maximum absolute atomic E-state index is 12.2. The zero-order valence-electron chi connectivity index (χ0n) is 22.4. The first-order valence-corrected chi connectivity index (χ1v) is 13.3. The van der Waals surface area contributed by atoms with Crippen molar-refractivity contribution in [2.45, 2.75) is 26.1 Å². The van der Waals surface area contributed by atoms with Gasteiger partial charge in [-0.15, -0.1) is 10.2 Å². The molecule has 2 aliphatic rings. The van der Waals surface area contributed by atoms with Crippen molar-refractivity contribution in [3.8, 4) is 22.5 Å². The first-order chi connectivity index (χ1) is 19.6. The van der Waals surface area contributed by atoms with Gasteiger partial charge in [0.05, 0.1) is 19.5 Å². The largest absolute Gasteiger partial charge is 0.468 e. The highest BCUT2D eigenvalue weighted by atomic mass is 16.5. The number of aliphatic imine (C=N–C) groups is 1. The summed E-state index contributed by atoms with van der Waals surface area (Å²) < 4.78 is 4.96. The lowest BCUT2D eigenvalue weighted by atomic mass is 9.98. The van der Waals surface area contributed by atoms with E-state index in [9.17, 15) is 4.79 Å². The van der Waals surface area contributed by atoms with Crippen molar-refractivity contribution < 1.29 is 9.53 Å². The molecule has 1 aromatic heterocycles. The second kappa shape index (κ2) is 11.0. The van der Waals surface area contributed by atoms with Gasteiger partial charge >= 0.3 is 5.97 Å². The second-order valence-corrected chi connectivity index (χ2v) is 9.69. The molecule has 1 N–H and O–H groups in total. The molecule has 4 aromatic rings. The monoisotopic (exact) mass is 534 g/mol. The third-order valence-electron chi connectivity index (χ3n) is 7.18. The molecule has 0 spiro atoms. The van der Waals surface area contributed by atoms with Crippen molar-refractivity contribution in [3.63, 3.8) is 0 Å². The molecule has 6 rings (SSSR count). The first-order valence-electron chi connectivity index (χ1n) is 13.3. The molecule has 202 valence electrons. The normalized spacial score (nSPS) is 16.4.